The average molecular weight is 297 g/mol. The van der Waals surface area contributed by atoms with Crippen LogP contribution in [0.4, 0.5) is 5.69 Å². The summed E-state index contributed by atoms with van der Waals surface area (Å²) in [6, 6.07) is 5.73. The third-order valence-corrected chi connectivity index (χ3v) is 3.87. The van der Waals surface area contributed by atoms with E-state index >= 15 is 0 Å². The van der Waals surface area contributed by atoms with Crippen LogP contribution in [-0.2, 0) is 4.79 Å². The molecule has 1 aromatic carbocycles. The molecule has 1 amide bonds. The van der Waals surface area contributed by atoms with Gasteiger partial charge in [-0.15, -0.1) is 0 Å². The Balaban J connectivity index is 1.79. The lowest BCUT2D eigenvalue weighted by Crippen LogP contribution is -2.39. The van der Waals surface area contributed by atoms with E-state index in [4.69, 9.17) is 16.3 Å². The van der Waals surface area contributed by atoms with Gasteiger partial charge in [0.2, 0.25) is 5.91 Å². The minimum atomic E-state index is 0.0313. The Morgan fingerprint density at radius 1 is 1.35 bits per heavy atom. The summed E-state index contributed by atoms with van der Waals surface area (Å²) in [6.45, 7) is 0.263. The van der Waals surface area contributed by atoms with Gasteiger partial charge < -0.3 is 15.4 Å². The number of nitrogens with one attached hydrogen (secondary N) is 2. The Hall–Kier alpha value is -1.42. The van der Waals surface area contributed by atoms with Gasteiger partial charge in [-0.2, -0.15) is 0 Å². The number of halogens is 1. The molecule has 20 heavy (non-hydrogen) atoms. The predicted octanol–water partition coefficient (Wildman–Crippen LogP) is 3.21. The van der Waals surface area contributed by atoms with Crippen molar-refractivity contribution in [1.29, 1.82) is 0 Å². The molecule has 1 fully saturated rings. The summed E-state index contributed by atoms with van der Waals surface area (Å²) in [7, 11) is 1.58. The molecule has 0 unspecified atom stereocenters. The summed E-state index contributed by atoms with van der Waals surface area (Å²) in [5.74, 6) is 0.660. The van der Waals surface area contributed by atoms with Crippen molar-refractivity contribution in [2.24, 2.45) is 0 Å². The van der Waals surface area contributed by atoms with Crippen molar-refractivity contribution in [3.63, 3.8) is 0 Å². The van der Waals surface area contributed by atoms with Crippen molar-refractivity contribution >= 4 is 23.2 Å². The zero-order chi connectivity index (χ0) is 14.4. The number of methoxy groups -OCH3 is 1. The number of carbonyl (C=O) groups is 1. The first-order valence-electron chi connectivity index (χ1n) is 7.06. The van der Waals surface area contributed by atoms with Crippen molar-refractivity contribution in [1.82, 2.24) is 5.32 Å². The number of anilines is 1. The van der Waals surface area contributed by atoms with Gasteiger partial charge in [-0.05, 0) is 31.0 Å². The normalized spacial score (nSPS) is 15.7. The maximum atomic E-state index is 11.9. The summed E-state index contributed by atoms with van der Waals surface area (Å²) in [5, 5.41) is 6.67. The lowest BCUT2D eigenvalue weighted by Gasteiger charge is -2.22. The molecule has 2 N–H and O–H groups in total. The molecule has 0 saturated heterocycles. The van der Waals surface area contributed by atoms with Crippen LogP contribution < -0.4 is 15.4 Å². The fourth-order valence-electron chi connectivity index (χ4n) is 2.48. The third kappa shape index (κ3) is 4.30. The number of benzene rings is 1. The van der Waals surface area contributed by atoms with E-state index in [1.165, 1.54) is 19.3 Å². The van der Waals surface area contributed by atoms with Crippen LogP contribution in [0.25, 0.3) is 0 Å². The number of ether oxygens (including phenoxy) is 1. The Morgan fingerprint density at radius 3 is 2.75 bits per heavy atom. The van der Waals surface area contributed by atoms with Gasteiger partial charge in [0.15, 0.2) is 0 Å². The van der Waals surface area contributed by atoms with Gasteiger partial charge in [0.25, 0.3) is 0 Å². The van der Waals surface area contributed by atoms with Crippen LogP contribution in [0, 0.1) is 0 Å². The summed E-state index contributed by atoms with van der Waals surface area (Å²) in [6.07, 6.45) is 5.91. The average Bonchev–Trinajstić information content (AvgIpc) is 2.46. The molecule has 110 valence electrons. The monoisotopic (exact) mass is 296 g/mol. The van der Waals surface area contributed by atoms with Crippen molar-refractivity contribution in [2.75, 3.05) is 19.0 Å². The second-order valence-corrected chi connectivity index (χ2v) is 5.51. The molecule has 0 atom stereocenters. The maximum absolute atomic E-state index is 11.9. The van der Waals surface area contributed by atoms with Crippen molar-refractivity contribution < 1.29 is 9.53 Å². The quantitative estimate of drug-likeness (QED) is 0.877. The zero-order valence-corrected chi connectivity index (χ0v) is 12.5. The first kappa shape index (κ1) is 15.0. The molecule has 0 bridgehead atoms. The molecule has 1 saturated carbocycles. The zero-order valence-electron chi connectivity index (χ0n) is 11.7. The molecule has 4 nitrogen and oxygen atoms in total. The van der Waals surface area contributed by atoms with Gasteiger partial charge in [-0.25, -0.2) is 0 Å². The summed E-state index contributed by atoms with van der Waals surface area (Å²) < 4.78 is 5.09. The van der Waals surface area contributed by atoms with Crippen LogP contribution in [0.2, 0.25) is 5.02 Å². The molecule has 0 spiro atoms. The van der Waals surface area contributed by atoms with Gasteiger partial charge in [0, 0.05) is 11.7 Å². The van der Waals surface area contributed by atoms with Crippen molar-refractivity contribution in [3.05, 3.63) is 23.2 Å². The highest BCUT2D eigenvalue weighted by Crippen LogP contribution is 2.27. The van der Waals surface area contributed by atoms with E-state index in [0.29, 0.717) is 16.8 Å². The SMILES string of the molecule is COc1ccc(NCC(=O)NC2CCCCC2)cc1Cl. The van der Waals surface area contributed by atoms with Crippen LogP contribution in [0.3, 0.4) is 0 Å². The number of rotatable bonds is 5. The number of hydrogen-bond acceptors (Lipinski definition) is 3. The van der Waals surface area contributed by atoms with Gasteiger partial charge in [-0.1, -0.05) is 30.9 Å². The Kier molecular flexibility index (Phi) is 5.53. The first-order chi connectivity index (χ1) is 9.69. The summed E-state index contributed by atoms with van der Waals surface area (Å²) >= 11 is 6.03. The third-order valence-electron chi connectivity index (χ3n) is 3.58. The van der Waals surface area contributed by atoms with Crippen LogP contribution in [0.5, 0.6) is 5.75 Å². The second-order valence-electron chi connectivity index (χ2n) is 5.11. The van der Waals surface area contributed by atoms with E-state index in [-0.39, 0.29) is 12.5 Å². The molecule has 1 aliphatic carbocycles. The topological polar surface area (TPSA) is 50.4 Å². The fraction of sp³-hybridized carbons (Fsp3) is 0.533. The summed E-state index contributed by atoms with van der Waals surface area (Å²) in [5.41, 5.74) is 0.814. The van der Waals surface area contributed by atoms with Crippen LogP contribution in [0.15, 0.2) is 18.2 Å². The van der Waals surface area contributed by atoms with E-state index in [0.717, 1.165) is 18.5 Å². The van der Waals surface area contributed by atoms with Crippen LogP contribution >= 0.6 is 11.6 Å². The van der Waals surface area contributed by atoms with E-state index in [1.807, 2.05) is 6.07 Å². The molecule has 1 aromatic rings. The molecule has 0 aliphatic heterocycles. The summed E-state index contributed by atoms with van der Waals surface area (Å²) in [4.78, 5) is 11.9. The van der Waals surface area contributed by atoms with E-state index < -0.39 is 0 Å². The van der Waals surface area contributed by atoms with Crippen molar-refractivity contribution in [3.8, 4) is 5.75 Å². The lowest BCUT2D eigenvalue weighted by molar-refractivity contribution is -0.120. The Bertz CT molecular complexity index is 459. The standard InChI is InChI=1S/C15H21ClN2O2/c1-20-14-8-7-12(9-13(14)16)17-10-15(19)18-11-5-3-2-4-6-11/h7-9,11,17H,2-6,10H2,1H3,(H,18,19). The number of amides is 1. The highest BCUT2D eigenvalue weighted by Gasteiger charge is 2.15. The van der Waals surface area contributed by atoms with Crippen LogP contribution in [0.1, 0.15) is 32.1 Å². The first-order valence-corrected chi connectivity index (χ1v) is 7.43. The van der Waals surface area contributed by atoms with Gasteiger partial charge in [0.1, 0.15) is 5.75 Å². The van der Waals surface area contributed by atoms with Crippen LogP contribution in [-0.4, -0.2) is 25.6 Å². The molecule has 1 aliphatic rings. The van der Waals surface area contributed by atoms with Crippen molar-refractivity contribution in [2.45, 2.75) is 38.1 Å². The molecule has 5 heteroatoms. The Labute approximate surface area is 124 Å². The molecule has 2 rings (SSSR count). The highest BCUT2D eigenvalue weighted by molar-refractivity contribution is 6.32. The highest BCUT2D eigenvalue weighted by atomic mass is 35.5. The fourth-order valence-corrected chi connectivity index (χ4v) is 2.74. The Morgan fingerprint density at radius 2 is 2.10 bits per heavy atom. The molecular formula is C15H21ClN2O2. The van der Waals surface area contributed by atoms with E-state index in [2.05, 4.69) is 10.6 Å². The molecule has 0 heterocycles. The molecule has 0 aromatic heterocycles. The smallest absolute Gasteiger partial charge is 0.239 e. The number of carbonyl (C=O) groups excluding carboxylic acids is 1. The van der Waals surface area contributed by atoms with E-state index in [9.17, 15) is 4.79 Å². The molecular weight excluding hydrogens is 276 g/mol. The molecule has 0 radical (unpaired) electrons. The maximum Gasteiger partial charge on any atom is 0.239 e. The van der Waals surface area contributed by atoms with E-state index in [1.54, 1.807) is 19.2 Å². The largest absolute Gasteiger partial charge is 0.495 e. The van der Waals surface area contributed by atoms with Gasteiger partial charge in [-0.3, -0.25) is 4.79 Å². The minimum absolute atomic E-state index is 0.0313. The lowest BCUT2D eigenvalue weighted by atomic mass is 9.95. The van der Waals surface area contributed by atoms with Gasteiger partial charge in [0.05, 0.1) is 18.7 Å². The predicted molar refractivity (Wildman–Crippen MR) is 81.5 cm³/mol. The second kappa shape index (κ2) is 7.39. The number of hydrogen-bond donors (Lipinski definition) is 2. The van der Waals surface area contributed by atoms with Gasteiger partial charge >= 0.3 is 0 Å². The minimum Gasteiger partial charge on any atom is -0.495 e.